The molecule has 0 aliphatic heterocycles. The normalized spacial score (nSPS) is 14.9. The Balaban J connectivity index is 2.56. The molecule has 15 heavy (non-hydrogen) atoms. The third-order valence-corrected chi connectivity index (χ3v) is 2.53. The number of nitrogens with one attached hydrogen (secondary N) is 1. The van der Waals surface area contributed by atoms with E-state index in [9.17, 15) is 0 Å². The van der Waals surface area contributed by atoms with E-state index in [2.05, 4.69) is 25.2 Å². The zero-order valence-electron chi connectivity index (χ0n) is 9.46. The van der Waals surface area contributed by atoms with E-state index in [1.165, 1.54) is 5.56 Å². The highest BCUT2D eigenvalue weighted by Gasteiger charge is 2.09. The van der Waals surface area contributed by atoms with Crippen molar-refractivity contribution in [2.75, 3.05) is 13.7 Å². The lowest BCUT2D eigenvalue weighted by atomic mass is 10.1. The number of methoxy groups -OCH3 is 1. The highest BCUT2D eigenvalue weighted by molar-refractivity contribution is 6.30. The van der Waals surface area contributed by atoms with Gasteiger partial charge in [0, 0.05) is 24.2 Å². The van der Waals surface area contributed by atoms with Crippen LogP contribution < -0.4 is 5.32 Å². The standard InChI is InChI=1S/C12H18ClNO/c1-9(8-15-3)14-10(2)11-5-4-6-12(13)7-11/h4-7,9-10,14H,8H2,1-3H3. The molecule has 3 heteroatoms. The summed E-state index contributed by atoms with van der Waals surface area (Å²) < 4.78 is 5.08. The Morgan fingerprint density at radius 1 is 1.40 bits per heavy atom. The first-order valence-electron chi connectivity index (χ1n) is 5.14. The topological polar surface area (TPSA) is 21.3 Å². The SMILES string of the molecule is COCC(C)NC(C)c1cccc(Cl)c1. The molecule has 1 rings (SSSR count). The summed E-state index contributed by atoms with van der Waals surface area (Å²) in [6.45, 7) is 4.94. The van der Waals surface area contributed by atoms with Gasteiger partial charge in [-0.1, -0.05) is 23.7 Å². The molecule has 1 aromatic rings. The Morgan fingerprint density at radius 3 is 2.73 bits per heavy atom. The molecule has 1 aromatic carbocycles. The van der Waals surface area contributed by atoms with Crippen molar-refractivity contribution in [3.63, 3.8) is 0 Å². The van der Waals surface area contributed by atoms with Crippen LogP contribution in [-0.2, 0) is 4.74 Å². The molecule has 2 nitrogen and oxygen atoms in total. The molecule has 0 fully saturated rings. The zero-order valence-corrected chi connectivity index (χ0v) is 10.2. The molecule has 2 atom stereocenters. The number of ether oxygens (including phenoxy) is 1. The Labute approximate surface area is 96.6 Å². The Bertz CT molecular complexity index is 303. The molecule has 2 unspecified atom stereocenters. The number of hydrogen-bond acceptors (Lipinski definition) is 2. The fourth-order valence-electron chi connectivity index (χ4n) is 1.60. The number of rotatable bonds is 5. The lowest BCUT2D eigenvalue weighted by molar-refractivity contribution is 0.168. The van der Waals surface area contributed by atoms with E-state index in [1.807, 2.05) is 18.2 Å². The van der Waals surface area contributed by atoms with Crippen molar-refractivity contribution in [1.29, 1.82) is 0 Å². The summed E-state index contributed by atoms with van der Waals surface area (Å²) in [7, 11) is 1.71. The fraction of sp³-hybridized carbons (Fsp3) is 0.500. The first-order valence-corrected chi connectivity index (χ1v) is 5.51. The minimum Gasteiger partial charge on any atom is -0.383 e. The van der Waals surface area contributed by atoms with E-state index in [0.29, 0.717) is 12.6 Å². The molecule has 0 radical (unpaired) electrons. The predicted octanol–water partition coefficient (Wildman–Crippen LogP) is 3.03. The van der Waals surface area contributed by atoms with Crippen molar-refractivity contribution < 1.29 is 4.74 Å². The molecule has 0 heterocycles. The third kappa shape index (κ3) is 4.20. The van der Waals surface area contributed by atoms with Crippen molar-refractivity contribution in [2.24, 2.45) is 0 Å². The van der Waals surface area contributed by atoms with Gasteiger partial charge in [0.2, 0.25) is 0 Å². The third-order valence-electron chi connectivity index (χ3n) is 2.30. The summed E-state index contributed by atoms with van der Waals surface area (Å²) in [5.74, 6) is 0. The summed E-state index contributed by atoms with van der Waals surface area (Å²) >= 11 is 5.93. The lowest BCUT2D eigenvalue weighted by Crippen LogP contribution is -2.32. The Morgan fingerprint density at radius 2 is 2.13 bits per heavy atom. The van der Waals surface area contributed by atoms with Gasteiger partial charge in [0.05, 0.1) is 6.61 Å². The largest absolute Gasteiger partial charge is 0.383 e. The average Bonchev–Trinajstić information content (AvgIpc) is 2.18. The second kappa shape index (κ2) is 6.11. The van der Waals surface area contributed by atoms with Gasteiger partial charge in [-0.3, -0.25) is 0 Å². The number of benzene rings is 1. The number of halogens is 1. The molecule has 0 aliphatic rings. The van der Waals surface area contributed by atoms with Gasteiger partial charge in [0.1, 0.15) is 0 Å². The molecule has 0 aromatic heterocycles. The van der Waals surface area contributed by atoms with Crippen molar-refractivity contribution in [3.8, 4) is 0 Å². The van der Waals surface area contributed by atoms with Gasteiger partial charge in [-0.25, -0.2) is 0 Å². The van der Waals surface area contributed by atoms with E-state index in [1.54, 1.807) is 7.11 Å². The van der Waals surface area contributed by atoms with Crippen molar-refractivity contribution >= 4 is 11.6 Å². The molecule has 84 valence electrons. The molecular weight excluding hydrogens is 210 g/mol. The summed E-state index contributed by atoms with van der Waals surface area (Å²) in [4.78, 5) is 0. The summed E-state index contributed by atoms with van der Waals surface area (Å²) in [6, 6.07) is 8.53. The molecule has 0 amide bonds. The van der Waals surface area contributed by atoms with Crippen LogP contribution in [0, 0.1) is 0 Å². The van der Waals surface area contributed by atoms with Gasteiger partial charge >= 0.3 is 0 Å². The minimum atomic E-state index is 0.286. The molecule has 0 saturated heterocycles. The summed E-state index contributed by atoms with van der Waals surface area (Å²) in [5, 5.41) is 4.22. The van der Waals surface area contributed by atoms with E-state index < -0.39 is 0 Å². The monoisotopic (exact) mass is 227 g/mol. The van der Waals surface area contributed by atoms with E-state index in [-0.39, 0.29) is 6.04 Å². The van der Waals surface area contributed by atoms with Crippen LogP contribution in [0.25, 0.3) is 0 Å². The van der Waals surface area contributed by atoms with Crippen LogP contribution in [0.5, 0.6) is 0 Å². The van der Waals surface area contributed by atoms with Gasteiger partial charge in [-0.05, 0) is 31.5 Å². The lowest BCUT2D eigenvalue weighted by Gasteiger charge is -2.19. The maximum absolute atomic E-state index is 5.93. The van der Waals surface area contributed by atoms with Crippen molar-refractivity contribution in [3.05, 3.63) is 34.9 Å². The van der Waals surface area contributed by atoms with Crippen LogP contribution in [0.1, 0.15) is 25.5 Å². The quantitative estimate of drug-likeness (QED) is 0.835. The highest BCUT2D eigenvalue weighted by atomic mass is 35.5. The van der Waals surface area contributed by atoms with Crippen molar-refractivity contribution in [1.82, 2.24) is 5.32 Å². The summed E-state index contributed by atoms with van der Waals surface area (Å²) in [6.07, 6.45) is 0. The van der Waals surface area contributed by atoms with E-state index in [0.717, 1.165) is 5.02 Å². The van der Waals surface area contributed by atoms with Crippen LogP contribution >= 0.6 is 11.6 Å². The molecule has 0 saturated carbocycles. The summed E-state index contributed by atoms with van der Waals surface area (Å²) in [5.41, 5.74) is 1.20. The molecular formula is C12H18ClNO. The van der Waals surface area contributed by atoms with Gasteiger partial charge < -0.3 is 10.1 Å². The maximum atomic E-state index is 5.93. The zero-order chi connectivity index (χ0) is 11.3. The van der Waals surface area contributed by atoms with Crippen LogP contribution in [0.4, 0.5) is 0 Å². The van der Waals surface area contributed by atoms with Crippen molar-refractivity contribution in [2.45, 2.75) is 25.9 Å². The van der Waals surface area contributed by atoms with Gasteiger partial charge in [0.15, 0.2) is 0 Å². The molecule has 0 aliphatic carbocycles. The minimum absolute atomic E-state index is 0.286. The van der Waals surface area contributed by atoms with Crippen LogP contribution in [0.3, 0.4) is 0 Å². The van der Waals surface area contributed by atoms with Crippen LogP contribution in [0.15, 0.2) is 24.3 Å². The Kier molecular flexibility index (Phi) is 5.09. The second-order valence-corrected chi connectivity index (χ2v) is 4.24. The van der Waals surface area contributed by atoms with Crippen LogP contribution in [0.2, 0.25) is 5.02 Å². The second-order valence-electron chi connectivity index (χ2n) is 3.80. The molecule has 0 spiro atoms. The first-order chi connectivity index (χ1) is 7.13. The number of hydrogen-bond donors (Lipinski definition) is 1. The predicted molar refractivity (Wildman–Crippen MR) is 64.3 cm³/mol. The smallest absolute Gasteiger partial charge is 0.0613 e. The van der Waals surface area contributed by atoms with E-state index >= 15 is 0 Å². The molecule has 1 N–H and O–H groups in total. The maximum Gasteiger partial charge on any atom is 0.0613 e. The van der Waals surface area contributed by atoms with Gasteiger partial charge in [-0.2, -0.15) is 0 Å². The van der Waals surface area contributed by atoms with Gasteiger partial charge in [-0.15, -0.1) is 0 Å². The van der Waals surface area contributed by atoms with E-state index in [4.69, 9.17) is 16.3 Å². The fourth-order valence-corrected chi connectivity index (χ4v) is 1.80. The van der Waals surface area contributed by atoms with Gasteiger partial charge in [0.25, 0.3) is 0 Å². The Hall–Kier alpha value is -0.570. The first kappa shape index (κ1) is 12.5. The average molecular weight is 228 g/mol. The van der Waals surface area contributed by atoms with Crippen LogP contribution in [-0.4, -0.2) is 19.8 Å². The highest BCUT2D eigenvalue weighted by Crippen LogP contribution is 2.17. The molecule has 0 bridgehead atoms.